The van der Waals surface area contributed by atoms with Crippen LogP contribution in [0, 0.1) is 11.6 Å². The summed E-state index contributed by atoms with van der Waals surface area (Å²) in [4.78, 5) is 16.7. The Balaban J connectivity index is 1.57. The molecule has 1 aliphatic rings. The maximum absolute atomic E-state index is 13.6. The van der Waals surface area contributed by atoms with Crippen molar-refractivity contribution < 1.29 is 8.78 Å². The minimum Gasteiger partial charge on any atom is -0.384 e. The monoisotopic (exact) mass is 342 g/mol. The van der Waals surface area contributed by atoms with E-state index >= 15 is 0 Å². The van der Waals surface area contributed by atoms with Crippen molar-refractivity contribution >= 4 is 28.2 Å². The molecule has 0 spiro atoms. The van der Waals surface area contributed by atoms with Gasteiger partial charge in [-0.25, -0.2) is 23.7 Å². The highest BCUT2D eigenvalue weighted by Crippen LogP contribution is 2.27. The van der Waals surface area contributed by atoms with Gasteiger partial charge < -0.3 is 15.5 Å². The predicted molar refractivity (Wildman–Crippen MR) is 92.5 cm³/mol. The van der Waals surface area contributed by atoms with Gasteiger partial charge in [-0.15, -0.1) is 0 Å². The molecule has 0 bridgehead atoms. The van der Waals surface area contributed by atoms with Crippen LogP contribution >= 0.6 is 0 Å². The Hall–Kier alpha value is -3.03. The number of nitrogens with zero attached hydrogens (tertiary/aromatic N) is 5. The average Bonchev–Trinajstić information content (AvgIpc) is 2.63. The lowest BCUT2D eigenvalue weighted by atomic mass is 10.2. The van der Waals surface area contributed by atoms with E-state index in [2.05, 4.69) is 24.8 Å². The fraction of sp³-hybridized carbons (Fsp3) is 0.235. The number of hydrogen-bond donors (Lipinski definition) is 1. The van der Waals surface area contributed by atoms with Crippen LogP contribution in [0.15, 0.2) is 36.8 Å². The van der Waals surface area contributed by atoms with Gasteiger partial charge in [0.05, 0.1) is 17.4 Å². The van der Waals surface area contributed by atoms with E-state index in [1.165, 1.54) is 6.33 Å². The number of benzene rings is 1. The van der Waals surface area contributed by atoms with Gasteiger partial charge in [0.2, 0.25) is 0 Å². The summed E-state index contributed by atoms with van der Waals surface area (Å²) < 4.78 is 27.1. The lowest BCUT2D eigenvalue weighted by molar-refractivity contribution is 0.510. The Labute approximate surface area is 142 Å². The second-order valence-corrected chi connectivity index (χ2v) is 5.90. The molecule has 2 N–H and O–H groups in total. The second-order valence-electron chi connectivity index (χ2n) is 5.90. The van der Waals surface area contributed by atoms with Crippen LogP contribution in [0.1, 0.15) is 0 Å². The predicted octanol–water partition coefficient (Wildman–Crippen LogP) is 2.21. The summed E-state index contributed by atoms with van der Waals surface area (Å²) in [5.74, 6) is -0.684. The lowest BCUT2D eigenvalue weighted by Crippen LogP contribution is -2.47. The Morgan fingerprint density at radius 1 is 0.880 bits per heavy atom. The molecule has 1 aromatic carbocycles. The number of aromatic nitrogens is 3. The van der Waals surface area contributed by atoms with E-state index in [9.17, 15) is 8.78 Å². The first-order valence-corrected chi connectivity index (χ1v) is 7.93. The van der Waals surface area contributed by atoms with Gasteiger partial charge in [0, 0.05) is 37.6 Å². The summed E-state index contributed by atoms with van der Waals surface area (Å²) in [6.45, 7) is 2.94. The van der Waals surface area contributed by atoms with Crippen molar-refractivity contribution in [3.05, 3.63) is 48.4 Å². The molecule has 1 fully saturated rings. The third kappa shape index (κ3) is 2.90. The third-order valence-corrected chi connectivity index (χ3v) is 4.37. The van der Waals surface area contributed by atoms with Crippen LogP contribution in [-0.4, -0.2) is 41.1 Å². The number of rotatable bonds is 2. The van der Waals surface area contributed by atoms with Crippen molar-refractivity contribution in [3.8, 4) is 0 Å². The number of hydrogen-bond acceptors (Lipinski definition) is 6. The summed E-state index contributed by atoms with van der Waals surface area (Å²) in [6, 6.07) is 5.98. The lowest BCUT2D eigenvalue weighted by Gasteiger charge is -2.36. The van der Waals surface area contributed by atoms with Crippen molar-refractivity contribution in [1.82, 2.24) is 15.0 Å². The van der Waals surface area contributed by atoms with Gasteiger partial charge in [-0.1, -0.05) is 0 Å². The number of fused-ring (bicyclic) bond motifs is 1. The average molecular weight is 342 g/mol. The van der Waals surface area contributed by atoms with Gasteiger partial charge in [0.25, 0.3) is 0 Å². The van der Waals surface area contributed by atoms with Gasteiger partial charge in [0.1, 0.15) is 18.0 Å². The minimum atomic E-state index is -0.905. The zero-order valence-electron chi connectivity index (χ0n) is 13.4. The smallest absolute Gasteiger partial charge is 0.161 e. The van der Waals surface area contributed by atoms with E-state index in [4.69, 9.17) is 5.73 Å². The van der Waals surface area contributed by atoms with E-state index in [1.807, 2.05) is 6.07 Å². The molecule has 0 radical (unpaired) electrons. The van der Waals surface area contributed by atoms with Gasteiger partial charge in [-0.3, -0.25) is 0 Å². The Kier molecular flexibility index (Phi) is 3.79. The first kappa shape index (κ1) is 15.5. The maximum atomic E-state index is 13.6. The fourth-order valence-corrected chi connectivity index (χ4v) is 3.05. The Bertz CT molecular complexity index is 907. The van der Waals surface area contributed by atoms with Crippen molar-refractivity contribution in [1.29, 1.82) is 0 Å². The summed E-state index contributed by atoms with van der Waals surface area (Å²) in [7, 11) is 0. The molecule has 1 aliphatic heterocycles. The molecule has 4 rings (SSSR count). The van der Waals surface area contributed by atoms with Crippen molar-refractivity contribution in [2.75, 3.05) is 41.7 Å². The first-order chi connectivity index (χ1) is 12.1. The van der Waals surface area contributed by atoms with Crippen LogP contribution in [0.4, 0.5) is 26.1 Å². The Morgan fingerprint density at radius 2 is 1.60 bits per heavy atom. The molecule has 3 heterocycles. The number of nitrogen functional groups attached to an aromatic ring is 1. The molecule has 0 unspecified atom stereocenters. The third-order valence-electron chi connectivity index (χ3n) is 4.37. The summed E-state index contributed by atoms with van der Waals surface area (Å²) >= 11 is 0. The van der Waals surface area contributed by atoms with E-state index in [1.54, 1.807) is 12.3 Å². The number of pyridine rings is 1. The number of anilines is 3. The van der Waals surface area contributed by atoms with Gasteiger partial charge in [0.15, 0.2) is 11.6 Å². The standard InChI is InChI=1S/C17H16F2N6/c18-13-7-12-15(8-14(13)19)22-10-23-17(12)25-5-3-24(4-6-25)11-1-2-16(20)21-9-11/h1-2,7-10H,3-6H2,(H2,20,21). The van der Waals surface area contributed by atoms with E-state index in [-0.39, 0.29) is 0 Å². The topological polar surface area (TPSA) is 71.2 Å². The zero-order chi connectivity index (χ0) is 17.4. The maximum Gasteiger partial charge on any atom is 0.161 e. The summed E-state index contributed by atoms with van der Waals surface area (Å²) in [5.41, 5.74) is 7.03. The molecule has 6 nitrogen and oxygen atoms in total. The molecule has 0 atom stereocenters. The molecule has 25 heavy (non-hydrogen) atoms. The molecule has 1 saturated heterocycles. The van der Waals surface area contributed by atoms with E-state index in [0.29, 0.717) is 35.6 Å². The van der Waals surface area contributed by atoms with Crippen LogP contribution in [0.25, 0.3) is 10.9 Å². The molecule has 0 aliphatic carbocycles. The van der Waals surface area contributed by atoms with Crippen LogP contribution < -0.4 is 15.5 Å². The molecule has 3 aromatic rings. The SMILES string of the molecule is Nc1ccc(N2CCN(c3ncnc4cc(F)c(F)cc34)CC2)cn1. The quantitative estimate of drug-likeness (QED) is 0.770. The molecular weight excluding hydrogens is 326 g/mol. The van der Waals surface area contributed by atoms with Crippen molar-refractivity contribution in [2.45, 2.75) is 0 Å². The van der Waals surface area contributed by atoms with Gasteiger partial charge in [-0.05, 0) is 18.2 Å². The normalized spacial score (nSPS) is 15.0. The second kappa shape index (κ2) is 6.12. The molecular formula is C17H16F2N6. The number of piperazine rings is 1. The van der Waals surface area contributed by atoms with Crippen LogP contribution in [0.2, 0.25) is 0 Å². The number of nitrogens with two attached hydrogens (primary N) is 1. The number of halogens is 2. The summed E-state index contributed by atoms with van der Waals surface area (Å²) in [6.07, 6.45) is 3.13. The largest absolute Gasteiger partial charge is 0.384 e. The van der Waals surface area contributed by atoms with Gasteiger partial charge in [-0.2, -0.15) is 0 Å². The van der Waals surface area contributed by atoms with E-state index < -0.39 is 11.6 Å². The molecule has 8 heteroatoms. The van der Waals surface area contributed by atoms with Crippen LogP contribution in [0.5, 0.6) is 0 Å². The van der Waals surface area contributed by atoms with Crippen molar-refractivity contribution in [2.24, 2.45) is 0 Å². The highest BCUT2D eigenvalue weighted by molar-refractivity contribution is 5.89. The molecule has 2 aromatic heterocycles. The zero-order valence-corrected chi connectivity index (χ0v) is 13.4. The molecule has 0 amide bonds. The van der Waals surface area contributed by atoms with Crippen LogP contribution in [-0.2, 0) is 0 Å². The minimum absolute atomic E-state index is 0.397. The van der Waals surface area contributed by atoms with Gasteiger partial charge >= 0.3 is 0 Å². The highest BCUT2D eigenvalue weighted by atomic mass is 19.2. The van der Waals surface area contributed by atoms with Crippen LogP contribution in [0.3, 0.4) is 0 Å². The van der Waals surface area contributed by atoms with Crippen molar-refractivity contribution in [3.63, 3.8) is 0 Å². The molecule has 0 saturated carbocycles. The highest BCUT2D eigenvalue weighted by Gasteiger charge is 2.21. The van der Waals surface area contributed by atoms with E-state index in [0.717, 1.165) is 30.9 Å². The Morgan fingerprint density at radius 3 is 2.32 bits per heavy atom. The fourth-order valence-electron chi connectivity index (χ4n) is 3.05. The molecule has 128 valence electrons. The summed E-state index contributed by atoms with van der Waals surface area (Å²) in [5, 5.41) is 0.518. The first-order valence-electron chi connectivity index (χ1n) is 7.93.